The standard InChI is InChI=1S/C12H17N3OS/c1-13-7-8-16-12(11-4-3-9-17-11)10-5-6-14-15(10)2/h3-6,9,12-13H,7-8H2,1-2H3/t12-/m0/s1. The van der Waals surface area contributed by atoms with E-state index in [9.17, 15) is 0 Å². The van der Waals surface area contributed by atoms with Crippen LogP contribution in [-0.4, -0.2) is 30.0 Å². The fraction of sp³-hybridized carbons (Fsp3) is 0.417. The van der Waals surface area contributed by atoms with Crippen LogP contribution in [0.5, 0.6) is 0 Å². The van der Waals surface area contributed by atoms with Crippen molar-refractivity contribution in [3.05, 3.63) is 40.3 Å². The molecule has 5 heteroatoms. The summed E-state index contributed by atoms with van der Waals surface area (Å²) in [6.45, 7) is 1.53. The number of likely N-dealkylation sites (N-methyl/N-ethyl adjacent to an activating group) is 1. The molecule has 2 rings (SSSR count). The number of aryl methyl sites for hydroxylation is 1. The molecule has 0 fully saturated rings. The Morgan fingerprint density at radius 2 is 2.41 bits per heavy atom. The van der Waals surface area contributed by atoms with Crippen LogP contribution in [0.1, 0.15) is 16.7 Å². The number of nitrogens with one attached hydrogen (secondary N) is 1. The summed E-state index contributed by atoms with van der Waals surface area (Å²) in [6, 6.07) is 6.15. The largest absolute Gasteiger partial charge is 0.365 e. The molecule has 0 saturated heterocycles. The molecule has 0 saturated carbocycles. The van der Waals surface area contributed by atoms with Gasteiger partial charge >= 0.3 is 0 Å². The Hall–Kier alpha value is -1.17. The van der Waals surface area contributed by atoms with Gasteiger partial charge in [0, 0.05) is 24.7 Å². The smallest absolute Gasteiger partial charge is 0.133 e. The second-order valence-corrected chi connectivity index (χ2v) is 4.73. The van der Waals surface area contributed by atoms with Crippen LogP contribution in [0, 0.1) is 0 Å². The van der Waals surface area contributed by atoms with E-state index in [4.69, 9.17) is 4.74 Å². The average molecular weight is 251 g/mol. The SMILES string of the molecule is CNCCO[C@H](c1cccs1)c1ccnn1C. The van der Waals surface area contributed by atoms with Gasteiger partial charge in [-0.2, -0.15) is 5.10 Å². The van der Waals surface area contributed by atoms with Gasteiger partial charge in [0.05, 0.1) is 12.3 Å². The summed E-state index contributed by atoms with van der Waals surface area (Å²) in [7, 11) is 3.87. The summed E-state index contributed by atoms with van der Waals surface area (Å²) in [5, 5.41) is 9.36. The molecule has 2 heterocycles. The molecule has 1 N–H and O–H groups in total. The average Bonchev–Trinajstić information content (AvgIpc) is 2.96. The maximum atomic E-state index is 5.94. The van der Waals surface area contributed by atoms with Crippen LogP contribution in [0.4, 0.5) is 0 Å². The van der Waals surface area contributed by atoms with Crippen molar-refractivity contribution in [2.45, 2.75) is 6.10 Å². The zero-order valence-corrected chi connectivity index (χ0v) is 10.9. The second-order valence-electron chi connectivity index (χ2n) is 3.75. The highest BCUT2D eigenvalue weighted by Gasteiger charge is 2.18. The number of aromatic nitrogens is 2. The van der Waals surface area contributed by atoms with E-state index in [1.165, 1.54) is 4.88 Å². The molecule has 0 aliphatic heterocycles. The van der Waals surface area contributed by atoms with E-state index < -0.39 is 0 Å². The first-order valence-corrected chi connectivity index (χ1v) is 6.48. The minimum atomic E-state index is -0.0177. The highest BCUT2D eigenvalue weighted by Crippen LogP contribution is 2.28. The fourth-order valence-electron chi connectivity index (χ4n) is 1.67. The van der Waals surface area contributed by atoms with E-state index in [1.54, 1.807) is 17.5 Å². The number of thiophene rings is 1. The summed E-state index contributed by atoms with van der Waals surface area (Å²) in [5.74, 6) is 0. The van der Waals surface area contributed by atoms with Crippen molar-refractivity contribution in [1.29, 1.82) is 0 Å². The molecule has 2 aromatic rings. The lowest BCUT2D eigenvalue weighted by atomic mass is 10.2. The molecule has 0 amide bonds. The van der Waals surface area contributed by atoms with Crippen LogP contribution in [0.15, 0.2) is 29.8 Å². The van der Waals surface area contributed by atoms with Gasteiger partial charge in [-0.15, -0.1) is 11.3 Å². The van der Waals surface area contributed by atoms with Crippen molar-refractivity contribution in [1.82, 2.24) is 15.1 Å². The Morgan fingerprint density at radius 3 is 3.00 bits per heavy atom. The first kappa shape index (κ1) is 12.3. The normalized spacial score (nSPS) is 12.8. The van der Waals surface area contributed by atoms with Gasteiger partial charge in [-0.25, -0.2) is 0 Å². The fourth-order valence-corrected chi connectivity index (χ4v) is 2.46. The van der Waals surface area contributed by atoms with Crippen molar-refractivity contribution in [3.8, 4) is 0 Å². The summed E-state index contributed by atoms with van der Waals surface area (Å²) in [6.07, 6.45) is 1.79. The Labute approximate surface area is 105 Å². The maximum absolute atomic E-state index is 5.94. The van der Waals surface area contributed by atoms with E-state index in [-0.39, 0.29) is 6.10 Å². The number of hydrogen-bond donors (Lipinski definition) is 1. The zero-order valence-electron chi connectivity index (χ0n) is 10.1. The van der Waals surface area contributed by atoms with Crippen LogP contribution in [0.3, 0.4) is 0 Å². The second kappa shape index (κ2) is 5.95. The molecule has 92 valence electrons. The molecule has 4 nitrogen and oxygen atoms in total. The highest BCUT2D eigenvalue weighted by atomic mass is 32.1. The van der Waals surface area contributed by atoms with E-state index >= 15 is 0 Å². The lowest BCUT2D eigenvalue weighted by molar-refractivity contribution is 0.0799. The molecule has 0 spiro atoms. The molecule has 0 radical (unpaired) electrons. The number of nitrogens with zero attached hydrogens (tertiary/aromatic N) is 2. The van der Waals surface area contributed by atoms with Gasteiger partial charge in [-0.3, -0.25) is 4.68 Å². The van der Waals surface area contributed by atoms with Crippen molar-refractivity contribution >= 4 is 11.3 Å². The molecule has 0 aliphatic carbocycles. The van der Waals surface area contributed by atoms with Crippen molar-refractivity contribution in [2.24, 2.45) is 7.05 Å². The van der Waals surface area contributed by atoms with Crippen LogP contribution in [0.2, 0.25) is 0 Å². The number of rotatable bonds is 6. The minimum absolute atomic E-state index is 0.0177. The summed E-state index contributed by atoms with van der Waals surface area (Å²) >= 11 is 1.71. The molecular weight excluding hydrogens is 234 g/mol. The van der Waals surface area contributed by atoms with Crippen LogP contribution < -0.4 is 5.32 Å². The topological polar surface area (TPSA) is 39.1 Å². The predicted molar refractivity (Wildman–Crippen MR) is 69.2 cm³/mol. The third kappa shape index (κ3) is 2.94. The van der Waals surface area contributed by atoms with E-state index in [1.807, 2.05) is 30.9 Å². The monoisotopic (exact) mass is 251 g/mol. The van der Waals surface area contributed by atoms with Gasteiger partial charge in [-0.05, 0) is 24.6 Å². The van der Waals surface area contributed by atoms with E-state index in [0.29, 0.717) is 6.61 Å². The van der Waals surface area contributed by atoms with Gasteiger partial charge in [0.2, 0.25) is 0 Å². The van der Waals surface area contributed by atoms with Gasteiger partial charge < -0.3 is 10.1 Å². The quantitative estimate of drug-likeness (QED) is 0.796. The highest BCUT2D eigenvalue weighted by molar-refractivity contribution is 7.10. The summed E-state index contributed by atoms with van der Waals surface area (Å²) in [4.78, 5) is 1.21. The van der Waals surface area contributed by atoms with E-state index in [2.05, 4.69) is 21.9 Å². The molecule has 17 heavy (non-hydrogen) atoms. The molecule has 0 aromatic carbocycles. The van der Waals surface area contributed by atoms with Gasteiger partial charge in [-0.1, -0.05) is 6.07 Å². The van der Waals surface area contributed by atoms with Crippen LogP contribution in [0.25, 0.3) is 0 Å². The van der Waals surface area contributed by atoms with Gasteiger partial charge in [0.25, 0.3) is 0 Å². The molecule has 0 bridgehead atoms. The summed E-state index contributed by atoms with van der Waals surface area (Å²) < 4.78 is 7.80. The van der Waals surface area contributed by atoms with Crippen LogP contribution >= 0.6 is 11.3 Å². The molecule has 2 aromatic heterocycles. The van der Waals surface area contributed by atoms with Crippen molar-refractivity contribution in [2.75, 3.05) is 20.2 Å². The molecular formula is C12H17N3OS. The lowest BCUT2D eigenvalue weighted by Crippen LogP contribution is -2.18. The van der Waals surface area contributed by atoms with Gasteiger partial charge in [0.1, 0.15) is 6.10 Å². The van der Waals surface area contributed by atoms with Gasteiger partial charge in [0.15, 0.2) is 0 Å². The minimum Gasteiger partial charge on any atom is -0.365 e. The van der Waals surface area contributed by atoms with E-state index in [0.717, 1.165) is 12.2 Å². The lowest BCUT2D eigenvalue weighted by Gasteiger charge is -2.16. The molecule has 0 unspecified atom stereocenters. The van der Waals surface area contributed by atoms with Crippen molar-refractivity contribution < 1.29 is 4.74 Å². The Morgan fingerprint density at radius 1 is 1.53 bits per heavy atom. The zero-order chi connectivity index (χ0) is 12.1. The molecule has 0 aliphatic rings. The summed E-state index contributed by atoms with van der Waals surface area (Å²) in [5.41, 5.74) is 1.09. The predicted octanol–water partition coefficient (Wildman–Crippen LogP) is 1.81. The molecule has 1 atom stereocenters. The Balaban J connectivity index is 2.16. The van der Waals surface area contributed by atoms with Crippen LogP contribution in [-0.2, 0) is 11.8 Å². The third-order valence-corrected chi connectivity index (χ3v) is 3.48. The number of ether oxygens (including phenoxy) is 1. The maximum Gasteiger partial charge on any atom is 0.133 e. The third-order valence-electron chi connectivity index (χ3n) is 2.57. The first-order chi connectivity index (χ1) is 8.33. The first-order valence-electron chi connectivity index (χ1n) is 5.60. The Kier molecular flexibility index (Phi) is 4.30. The van der Waals surface area contributed by atoms with Crippen molar-refractivity contribution in [3.63, 3.8) is 0 Å². The number of hydrogen-bond acceptors (Lipinski definition) is 4. The Bertz CT molecular complexity index is 438.